The highest BCUT2D eigenvalue weighted by molar-refractivity contribution is 6.02. The van der Waals surface area contributed by atoms with Gasteiger partial charge in [0.1, 0.15) is 12.4 Å². The molecular formula is C23H20N4O5. The monoisotopic (exact) mass is 432 g/mol. The number of hydrogen-bond donors (Lipinski definition) is 1. The predicted octanol–water partition coefficient (Wildman–Crippen LogP) is 4.57. The Hall–Kier alpha value is -4.40. The quantitative estimate of drug-likeness (QED) is 0.322. The maximum atomic E-state index is 12.5. The van der Waals surface area contributed by atoms with Crippen LogP contribution >= 0.6 is 0 Å². The number of benzene rings is 2. The first kappa shape index (κ1) is 20.9. The summed E-state index contributed by atoms with van der Waals surface area (Å²) in [7, 11) is 0. The molecule has 2 heterocycles. The molecule has 162 valence electrons. The summed E-state index contributed by atoms with van der Waals surface area (Å²) in [5.41, 5.74) is 2.69. The van der Waals surface area contributed by atoms with Crippen molar-refractivity contribution in [2.75, 3.05) is 5.32 Å². The fraction of sp³-hybridized carbons (Fsp3) is 0.130. The molecule has 0 radical (unpaired) electrons. The van der Waals surface area contributed by atoms with Gasteiger partial charge in [0.05, 0.1) is 23.4 Å². The molecule has 1 N–H and O–H groups in total. The first-order valence-corrected chi connectivity index (χ1v) is 9.82. The Labute approximate surface area is 183 Å². The number of aromatic nitrogens is 2. The van der Waals surface area contributed by atoms with Crippen LogP contribution in [0.1, 0.15) is 27.4 Å². The van der Waals surface area contributed by atoms with Crippen molar-refractivity contribution in [2.45, 2.75) is 20.1 Å². The number of carbonyl (C=O) groups is 1. The van der Waals surface area contributed by atoms with Gasteiger partial charge in [-0.25, -0.2) is 0 Å². The van der Waals surface area contributed by atoms with Gasteiger partial charge in [-0.2, -0.15) is 5.10 Å². The molecular weight excluding hydrogens is 412 g/mol. The van der Waals surface area contributed by atoms with Crippen molar-refractivity contribution < 1.29 is 18.9 Å². The van der Waals surface area contributed by atoms with Crippen LogP contribution in [0.5, 0.6) is 5.75 Å². The minimum Gasteiger partial charge on any atom is -0.479 e. The number of rotatable bonds is 8. The maximum Gasteiger partial charge on any atom is 0.310 e. The number of nitro groups is 1. The third-order valence-corrected chi connectivity index (χ3v) is 4.67. The Morgan fingerprint density at radius 1 is 1.16 bits per heavy atom. The topological polar surface area (TPSA) is 112 Å². The van der Waals surface area contributed by atoms with Crippen molar-refractivity contribution in [1.29, 1.82) is 0 Å². The number of nitrogens with zero attached hydrogens (tertiary/aromatic N) is 3. The van der Waals surface area contributed by atoms with E-state index < -0.39 is 10.8 Å². The molecule has 4 aromatic rings. The number of aryl methyl sites for hydroxylation is 1. The summed E-state index contributed by atoms with van der Waals surface area (Å²) in [5, 5.41) is 18.1. The molecule has 0 atom stereocenters. The Balaban J connectivity index is 1.35. The van der Waals surface area contributed by atoms with Crippen LogP contribution < -0.4 is 10.1 Å². The lowest BCUT2D eigenvalue weighted by Gasteiger charge is -2.04. The van der Waals surface area contributed by atoms with Gasteiger partial charge in [-0.1, -0.05) is 42.0 Å². The van der Waals surface area contributed by atoms with Crippen molar-refractivity contribution in [2.24, 2.45) is 0 Å². The lowest BCUT2D eigenvalue weighted by Crippen LogP contribution is -2.10. The van der Waals surface area contributed by atoms with Gasteiger partial charge < -0.3 is 14.5 Å². The summed E-state index contributed by atoms with van der Waals surface area (Å²) < 4.78 is 12.7. The zero-order chi connectivity index (χ0) is 22.5. The molecule has 0 unspecified atom stereocenters. The summed E-state index contributed by atoms with van der Waals surface area (Å²) in [6.45, 7) is 2.57. The predicted molar refractivity (Wildman–Crippen MR) is 117 cm³/mol. The van der Waals surface area contributed by atoms with E-state index in [0.29, 0.717) is 18.0 Å². The highest BCUT2D eigenvalue weighted by Crippen LogP contribution is 2.27. The first-order valence-electron chi connectivity index (χ1n) is 9.82. The summed E-state index contributed by atoms with van der Waals surface area (Å²) in [6, 6.07) is 17.3. The molecule has 9 heteroatoms. The standard InChI is InChI=1S/C23H20N4O5/c1-16-6-8-17(9-7-16)13-26-14-18(12-24-26)25-23(28)22-11-10-19(32-22)15-31-21-5-3-2-4-20(21)27(29)30/h2-12,14H,13,15H2,1H3,(H,25,28). The van der Waals surface area contributed by atoms with E-state index in [-0.39, 0.29) is 23.8 Å². The molecule has 4 rings (SSSR count). The number of para-hydroxylation sites is 2. The average molecular weight is 432 g/mol. The van der Waals surface area contributed by atoms with Gasteiger partial charge in [-0.05, 0) is 30.7 Å². The average Bonchev–Trinajstić information content (AvgIpc) is 3.43. The third kappa shape index (κ3) is 5.01. The smallest absolute Gasteiger partial charge is 0.310 e. The highest BCUT2D eigenvalue weighted by atomic mass is 16.6. The number of carbonyl (C=O) groups excluding carboxylic acids is 1. The second kappa shape index (κ2) is 9.17. The zero-order valence-corrected chi connectivity index (χ0v) is 17.2. The normalized spacial score (nSPS) is 10.7. The molecule has 32 heavy (non-hydrogen) atoms. The third-order valence-electron chi connectivity index (χ3n) is 4.67. The van der Waals surface area contributed by atoms with Crippen LogP contribution in [-0.2, 0) is 13.2 Å². The number of furan rings is 1. The molecule has 0 spiro atoms. The number of ether oxygens (including phenoxy) is 1. The lowest BCUT2D eigenvalue weighted by molar-refractivity contribution is -0.386. The Morgan fingerprint density at radius 2 is 1.94 bits per heavy atom. The Kier molecular flexibility index (Phi) is 5.98. The van der Waals surface area contributed by atoms with Gasteiger partial charge in [-0.15, -0.1) is 0 Å². The van der Waals surface area contributed by atoms with E-state index in [1.807, 2.05) is 31.2 Å². The number of nitrogens with one attached hydrogen (secondary N) is 1. The fourth-order valence-electron chi connectivity index (χ4n) is 3.04. The number of hydrogen-bond acceptors (Lipinski definition) is 6. The highest BCUT2D eigenvalue weighted by Gasteiger charge is 2.16. The molecule has 0 aliphatic heterocycles. The van der Waals surface area contributed by atoms with Crippen LogP contribution in [0.25, 0.3) is 0 Å². The van der Waals surface area contributed by atoms with E-state index in [1.165, 1.54) is 23.8 Å². The van der Waals surface area contributed by atoms with Crippen molar-refractivity contribution in [1.82, 2.24) is 9.78 Å². The number of nitro benzene ring substituents is 1. The van der Waals surface area contributed by atoms with E-state index in [0.717, 1.165) is 5.56 Å². The molecule has 9 nitrogen and oxygen atoms in total. The molecule has 0 aliphatic carbocycles. The van der Waals surface area contributed by atoms with Crippen LogP contribution in [0, 0.1) is 17.0 Å². The van der Waals surface area contributed by atoms with E-state index >= 15 is 0 Å². The molecule has 0 aliphatic rings. The van der Waals surface area contributed by atoms with Crippen molar-refractivity contribution >= 4 is 17.3 Å². The summed E-state index contributed by atoms with van der Waals surface area (Å²) in [5.74, 6) is 0.151. The maximum absolute atomic E-state index is 12.5. The fourth-order valence-corrected chi connectivity index (χ4v) is 3.04. The number of amides is 1. The molecule has 0 fully saturated rings. The second-order valence-electron chi connectivity index (χ2n) is 7.15. The largest absolute Gasteiger partial charge is 0.479 e. The van der Waals surface area contributed by atoms with Crippen LogP contribution in [0.3, 0.4) is 0 Å². The van der Waals surface area contributed by atoms with Gasteiger partial charge in [-0.3, -0.25) is 19.6 Å². The van der Waals surface area contributed by atoms with Crippen LogP contribution in [0.2, 0.25) is 0 Å². The van der Waals surface area contributed by atoms with Crippen molar-refractivity contribution in [3.05, 3.63) is 106 Å². The molecule has 0 saturated carbocycles. The summed E-state index contributed by atoms with van der Waals surface area (Å²) in [4.78, 5) is 23.0. The van der Waals surface area contributed by atoms with E-state index in [4.69, 9.17) is 9.15 Å². The molecule has 0 bridgehead atoms. The minimum absolute atomic E-state index is 0.0490. The molecule has 2 aromatic heterocycles. The van der Waals surface area contributed by atoms with E-state index in [1.54, 1.807) is 35.3 Å². The number of anilines is 1. The van der Waals surface area contributed by atoms with E-state index in [2.05, 4.69) is 10.4 Å². The Bertz CT molecular complexity index is 1240. The second-order valence-corrected chi connectivity index (χ2v) is 7.15. The van der Waals surface area contributed by atoms with Gasteiger partial charge in [0, 0.05) is 12.3 Å². The molecule has 0 saturated heterocycles. The van der Waals surface area contributed by atoms with Gasteiger partial charge in [0.15, 0.2) is 11.5 Å². The van der Waals surface area contributed by atoms with Crippen molar-refractivity contribution in [3.8, 4) is 5.75 Å². The van der Waals surface area contributed by atoms with Gasteiger partial charge in [0.25, 0.3) is 5.91 Å². The zero-order valence-electron chi connectivity index (χ0n) is 17.2. The van der Waals surface area contributed by atoms with Crippen molar-refractivity contribution in [3.63, 3.8) is 0 Å². The van der Waals surface area contributed by atoms with Crippen LogP contribution in [-0.4, -0.2) is 20.6 Å². The molecule has 1 amide bonds. The summed E-state index contributed by atoms with van der Waals surface area (Å²) in [6.07, 6.45) is 3.30. The minimum atomic E-state index is -0.519. The van der Waals surface area contributed by atoms with Gasteiger partial charge >= 0.3 is 5.69 Å². The van der Waals surface area contributed by atoms with Crippen LogP contribution in [0.4, 0.5) is 11.4 Å². The first-order chi connectivity index (χ1) is 15.5. The van der Waals surface area contributed by atoms with E-state index in [9.17, 15) is 14.9 Å². The lowest BCUT2D eigenvalue weighted by atomic mass is 10.1. The summed E-state index contributed by atoms with van der Waals surface area (Å²) >= 11 is 0. The Morgan fingerprint density at radius 3 is 2.72 bits per heavy atom. The van der Waals surface area contributed by atoms with Crippen LogP contribution in [0.15, 0.2) is 77.5 Å². The SMILES string of the molecule is Cc1ccc(Cn2cc(NC(=O)c3ccc(COc4ccccc4[N+](=O)[O-])o3)cn2)cc1. The van der Waals surface area contributed by atoms with Gasteiger partial charge in [0.2, 0.25) is 0 Å². The molecule has 2 aromatic carbocycles.